The molecule has 188 valence electrons. The van der Waals surface area contributed by atoms with Gasteiger partial charge in [0.2, 0.25) is 0 Å². The Labute approximate surface area is 211 Å². The largest absolute Gasteiger partial charge is 0.434 e. The van der Waals surface area contributed by atoms with Crippen LogP contribution in [0.3, 0.4) is 0 Å². The van der Waals surface area contributed by atoms with Gasteiger partial charge >= 0.3 is 6.18 Å². The molecule has 4 heterocycles. The molecule has 2 aliphatic rings. The van der Waals surface area contributed by atoms with Crippen LogP contribution in [0.2, 0.25) is 10.0 Å². The van der Waals surface area contributed by atoms with Gasteiger partial charge in [-0.25, -0.2) is 4.98 Å². The highest BCUT2D eigenvalue weighted by atomic mass is 35.5. The van der Waals surface area contributed by atoms with Gasteiger partial charge in [-0.2, -0.15) is 13.2 Å². The second kappa shape index (κ2) is 10.1. The van der Waals surface area contributed by atoms with Crippen LogP contribution >= 0.6 is 23.2 Å². The molecular formula is C24H27Cl2F3N6. The van der Waals surface area contributed by atoms with E-state index in [9.17, 15) is 13.2 Å². The van der Waals surface area contributed by atoms with Crippen LogP contribution in [0.25, 0.3) is 10.9 Å². The Hall–Kier alpha value is -2.04. The zero-order chi connectivity index (χ0) is 24.6. The van der Waals surface area contributed by atoms with E-state index in [0.717, 1.165) is 43.5 Å². The number of hydrogen-bond acceptors (Lipinski definition) is 5. The number of hydrogen-bond donors (Lipinski definition) is 4. The lowest BCUT2D eigenvalue weighted by atomic mass is 9.97. The molecule has 35 heavy (non-hydrogen) atoms. The first kappa shape index (κ1) is 24.6. The average molecular weight is 527 g/mol. The minimum Gasteiger partial charge on any atom is -0.369 e. The van der Waals surface area contributed by atoms with Crippen LogP contribution in [0, 0.1) is 0 Å². The molecule has 2 aromatic heterocycles. The highest BCUT2D eigenvalue weighted by Gasteiger charge is 2.35. The molecule has 4 N–H and O–H groups in total. The van der Waals surface area contributed by atoms with Crippen LogP contribution in [0.4, 0.5) is 19.0 Å². The van der Waals surface area contributed by atoms with Crippen molar-refractivity contribution in [2.45, 2.75) is 31.1 Å². The number of anilines is 1. The number of aromatic nitrogens is 2. The molecule has 2 atom stereocenters. The molecule has 6 nitrogen and oxygen atoms in total. The van der Waals surface area contributed by atoms with Crippen molar-refractivity contribution in [3.63, 3.8) is 0 Å². The quantitative estimate of drug-likeness (QED) is 0.337. The molecule has 5 rings (SSSR count). The number of pyridine rings is 1. The first-order valence-electron chi connectivity index (χ1n) is 11.8. The minimum atomic E-state index is -4.59. The highest BCUT2D eigenvalue weighted by molar-refractivity contribution is 6.31. The van der Waals surface area contributed by atoms with Crippen LogP contribution in [-0.4, -0.2) is 60.2 Å². The number of aromatic amines is 1. The summed E-state index contributed by atoms with van der Waals surface area (Å²) in [6, 6.07) is 9.22. The van der Waals surface area contributed by atoms with Gasteiger partial charge in [0.15, 0.2) is 5.69 Å². The first-order valence-corrected chi connectivity index (χ1v) is 12.5. The second-order valence-electron chi connectivity index (χ2n) is 9.06. The van der Waals surface area contributed by atoms with Gasteiger partial charge in [-0.3, -0.25) is 4.90 Å². The summed E-state index contributed by atoms with van der Waals surface area (Å²) in [4.78, 5) is 9.63. The SMILES string of the molecule is FC(F)(F)c1nc(NCCN2CCc3c([nH]c4ccc(Cl)cc34)C2CNCC2CCN2)ccc1Cl. The molecule has 3 aromatic rings. The summed E-state index contributed by atoms with van der Waals surface area (Å²) < 4.78 is 39.4. The smallest absolute Gasteiger partial charge is 0.369 e. The molecule has 2 unspecified atom stereocenters. The van der Waals surface area contributed by atoms with Gasteiger partial charge in [0.05, 0.1) is 11.1 Å². The summed E-state index contributed by atoms with van der Waals surface area (Å²) in [7, 11) is 0. The molecule has 2 aliphatic heterocycles. The van der Waals surface area contributed by atoms with E-state index in [2.05, 4.69) is 30.8 Å². The van der Waals surface area contributed by atoms with Crippen molar-refractivity contribution in [3.8, 4) is 0 Å². The third-order valence-corrected chi connectivity index (χ3v) is 7.34. The van der Waals surface area contributed by atoms with E-state index < -0.39 is 16.9 Å². The van der Waals surface area contributed by atoms with Crippen molar-refractivity contribution in [1.29, 1.82) is 0 Å². The number of alkyl halides is 3. The van der Waals surface area contributed by atoms with E-state index in [-0.39, 0.29) is 11.9 Å². The van der Waals surface area contributed by atoms with Gasteiger partial charge in [-0.05, 0) is 55.3 Å². The molecule has 11 heteroatoms. The zero-order valence-corrected chi connectivity index (χ0v) is 20.5. The van der Waals surface area contributed by atoms with E-state index in [1.807, 2.05) is 18.2 Å². The molecular weight excluding hydrogens is 500 g/mol. The summed E-state index contributed by atoms with van der Waals surface area (Å²) in [5, 5.41) is 11.5. The maximum absolute atomic E-state index is 13.1. The van der Waals surface area contributed by atoms with E-state index in [1.54, 1.807) is 0 Å². The van der Waals surface area contributed by atoms with Crippen molar-refractivity contribution in [3.05, 3.63) is 57.3 Å². The fraction of sp³-hybridized carbons (Fsp3) is 0.458. The number of nitrogens with one attached hydrogen (secondary N) is 4. The van der Waals surface area contributed by atoms with Crippen molar-refractivity contribution < 1.29 is 13.2 Å². The number of nitrogens with zero attached hydrogens (tertiary/aromatic N) is 2. The highest BCUT2D eigenvalue weighted by Crippen LogP contribution is 2.36. The van der Waals surface area contributed by atoms with Crippen LogP contribution < -0.4 is 16.0 Å². The van der Waals surface area contributed by atoms with Crippen LogP contribution in [0.15, 0.2) is 30.3 Å². The van der Waals surface area contributed by atoms with Crippen molar-refractivity contribution in [2.24, 2.45) is 0 Å². The monoisotopic (exact) mass is 526 g/mol. The Morgan fingerprint density at radius 1 is 1.14 bits per heavy atom. The lowest BCUT2D eigenvalue weighted by molar-refractivity contribution is -0.141. The maximum atomic E-state index is 13.1. The number of H-pyrrole nitrogens is 1. The van der Waals surface area contributed by atoms with Gasteiger partial charge in [-0.15, -0.1) is 0 Å². The van der Waals surface area contributed by atoms with Gasteiger partial charge in [-0.1, -0.05) is 23.2 Å². The summed E-state index contributed by atoms with van der Waals surface area (Å²) in [6.45, 7) is 4.67. The predicted molar refractivity (Wildman–Crippen MR) is 133 cm³/mol. The molecule has 0 aliphatic carbocycles. The standard InChI is InChI=1S/C24H27Cl2F3N6/c25-14-1-3-19-17(11-14)16-6-9-35(20(22(16)33-19)13-30-12-15-5-7-31-15)10-8-32-21-4-2-18(26)23(34-21)24(27,28)29/h1-4,11,15,20,30-31,33H,5-10,12-13H2,(H,32,34). The number of rotatable bonds is 8. The summed E-state index contributed by atoms with van der Waals surface area (Å²) in [5.74, 6) is 0.158. The Bertz CT molecular complexity index is 1190. The van der Waals surface area contributed by atoms with E-state index >= 15 is 0 Å². The Morgan fingerprint density at radius 2 is 1.97 bits per heavy atom. The fourth-order valence-electron chi connectivity index (χ4n) is 4.87. The normalized spacial score (nSPS) is 20.6. The van der Waals surface area contributed by atoms with Crippen molar-refractivity contribution in [1.82, 2.24) is 25.5 Å². The second-order valence-corrected chi connectivity index (χ2v) is 9.90. The van der Waals surface area contributed by atoms with Gasteiger partial charge in [0, 0.05) is 60.4 Å². The van der Waals surface area contributed by atoms with Crippen LogP contribution in [0.1, 0.15) is 29.4 Å². The van der Waals surface area contributed by atoms with Gasteiger partial charge < -0.3 is 20.9 Å². The Balaban J connectivity index is 1.30. The van der Waals surface area contributed by atoms with Crippen molar-refractivity contribution >= 4 is 39.9 Å². The van der Waals surface area contributed by atoms with Crippen molar-refractivity contribution in [2.75, 3.05) is 44.6 Å². The summed E-state index contributed by atoms with van der Waals surface area (Å²) in [5.41, 5.74) is 2.45. The van der Waals surface area contributed by atoms with Crippen LogP contribution in [-0.2, 0) is 12.6 Å². The Morgan fingerprint density at radius 3 is 2.71 bits per heavy atom. The van der Waals surface area contributed by atoms with Gasteiger partial charge in [0.1, 0.15) is 5.82 Å². The molecule has 1 saturated heterocycles. The lowest BCUT2D eigenvalue weighted by Crippen LogP contribution is -2.51. The van der Waals surface area contributed by atoms with E-state index in [1.165, 1.54) is 29.8 Å². The molecule has 0 amide bonds. The zero-order valence-electron chi connectivity index (χ0n) is 19.0. The Kier molecular flexibility index (Phi) is 7.14. The third kappa shape index (κ3) is 5.39. The maximum Gasteiger partial charge on any atom is 0.434 e. The fourth-order valence-corrected chi connectivity index (χ4v) is 5.26. The third-order valence-electron chi connectivity index (χ3n) is 6.80. The topological polar surface area (TPSA) is 68.0 Å². The number of halogens is 5. The minimum absolute atomic E-state index is 0.107. The molecule has 0 saturated carbocycles. The summed E-state index contributed by atoms with van der Waals surface area (Å²) >= 11 is 12.0. The van der Waals surface area contributed by atoms with Crippen LogP contribution in [0.5, 0.6) is 0 Å². The average Bonchev–Trinajstić information content (AvgIpc) is 3.14. The molecule has 1 fully saturated rings. The molecule has 0 radical (unpaired) electrons. The van der Waals surface area contributed by atoms with E-state index in [4.69, 9.17) is 23.2 Å². The number of fused-ring (bicyclic) bond motifs is 3. The molecule has 1 aromatic carbocycles. The first-order chi connectivity index (χ1) is 16.8. The van der Waals surface area contributed by atoms with E-state index in [0.29, 0.717) is 24.2 Å². The van der Waals surface area contributed by atoms with Gasteiger partial charge in [0.25, 0.3) is 0 Å². The lowest BCUT2D eigenvalue weighted by Gasteiger charge is -2.37. The predicted octanol–water partition coefficient (Wildman–Crippen LogP) is 4.85. The molecule has 0 spiro atoms. The number of benzene rings is 1. The summed E-state index contributed by atoms with van der Waals surface area (Å²) in [6.07, 6.45) is -2.55. The molecule has 0 bridgehead atoms.